The van der Waals surface area contributed by atoms with Crippen LogP contribution in [0.15, 0.2) is 18.2 Å². The van der Waals surface area contributed by atoms with E-state index in [2.05, 4.69) is 45.1 Å². The van der Waals surface area contributed by atoms with E-state index in [9.17, 15) is 0 Å². The van der Waals surface area contributed by atoms with Gasteiger partial charge < -0.3 is 10.1 Å². The number of methoxy groups -OCH3 is 1. The largest absolute Gasteiger partial charge is 0.495 e. The summed E-state index contributed by atoms with van der Waals surface area (Å²) < 4.78 is 5.32. The molecule has 90 valence electrons. The molecule has 0 saturated heterocycles. The van der Waals surface area contributed by atoms with Crippen LogP contribution in [0.5, 0.6) is 5.75 Å². The summed E-state index contributed by atoms with van der Waals surface area (Å²) in [7, 11) is 1.71. The van der Waals surface area contributed by atoms with Crippen molar-refractivity contribution in [3.05, 3.63) is 23.8 Å². The van der Waals surface area contributed by atoms with Crippen molar-refractivity contribution < 1.29 is 4.74 Å². The Bertz CT molecular complexity index is 339. The predicted molar refractivity (Wildman–Crippen MR) is 70.3 cm³/mol. The first kappa shape index (κ1) is 12.9. The van der Waals surface area contributed by atoms with Crippen molar-refractivity contribution in [1.29, 1.82) is 0 Å². The zero-order valence-electron chi connectivity index (χ0n) is 11.1. The Kier molecular flexibility index (Phi) is 4.22. The molecule has 1 aromatic carbocycles. The molecule has 2 nitrogen and oxygen atoms in total. The molecule has 0 aromatic heterocycles. The lowest BCUT2D eigenvalue weighted by molar-refractivity contribution is 0.388. The molecule has 0 amide bonds. The summed E-state index contributed by atoms with van der Waals surface area (Å²) in [5.41, 5.74) is 2.70. The van der Waals surface area contributed by atoms with Crippen molar-refractivity contribution in [2.45, 2.75) is 34.1 Å². The van der Waals surface area contributed by atoms with Crippen LogP contribution in [0, 0.1) is 12.3 Å². The molecule has 0 bridgehead atoms. The minimum atomic E-state index is 0.365. The molecule has 16 heavy (non-hydrogen) atoms. The van der Waals surface area contributed by atoms with Gasteiger partial charge >= 0.3 is 0 Å². The zero-order chi connectivity index (χ0) is 12.2. The molecular formula is C14H23NO. The Morgan fingerprint density at radius 1 is 1.25 bits per heavy atom. The normalized spacial score (nSPS) is 11.3. The van der Waals surface area contributed by atoms with Gasteiger partial charge in [0.1, 0.15) is 5.75 Å². The first-order chi connectivity index (χ1) is 7.42. The van der Waals surface area contributed by atoms with Crippen molar-refractivity contribution in [1.82, 2.24) is 0 Å². The van der Waals surface area contributed by atoms with Gasteiger partial charge in [-0.25, -0.2) is 0 Å². The highest BCUT2D eigenvalue weighted by atomic mass is 16.5. The van der Waals surface area contributed by atoms with Crippen LogP contribution in [0.4, 0.5) is 5.69 Å². The minimum Gasteiger partial charge on any atom is -0.495 e. The number of ether oxygens (including phenoxy) is 1. The third kappa shape index (κ3) is 4.13. The maximum Gasteiger partial charge on any atom is 0.141 e. The lowest BCUT2D eigenvalue weighted by Crippen LogP contribution is -2.13. The molecule has 0 atom stereocenters. The molecule has 1 rings (SSSR count). The van der Waals surface area contributed by atoms with Crippen molar-refractivity contribution in [2.24, 2.45) is 5.41 Å². The number of benzene rings is 1. The number of rotatable bonds is 4. The van der Waals surface area contributed by atoms with Gasteiger partial charge in [-0.2, -0.15) is 0 Å². The summed E-state index contributed by atoms with van der Waals surface area (Å²) in [5, 5.41) is 3.44. The third-order valence-electron chi connectivity index (χ3n) is 2.55. The van der Waals surface area contributed by atoms with Crippen LogP contribution in [0.3, 0.4) is 0 Å². The van der Waals surface area contributed by atoms with Crippen LogP contribution in [-0.4, -0.2) is 13.7 Å². The highest BCUT2D eigenvalue weighted by molar-refractivity contribution is 5.57. The number of hydrogen-bond donors (Lipinski definition) is 1. The van der Waals surface area contributed by atoms with E-state index in [0.717, 1.165) is 24.4 Å². The Hall–Kier alpha value is -1.18. The summed E-state index contributed by atoms with van der Waals surface area (Å²) in [6.07, 6.45) is 1.14. The minimum absolute atomic E-state index is 0.365. The van der Waals surface area contributed by atoms with Crippen molar-refractivity contribution >= 4 is 5.69 Å². The van der Waals surface area contributed by atoms with Gasteiger partial charge in [0.25, 0.3) is 0 Å². The van der Waals surface area contributed by atoms with Crippen LogP contribution in [0.1, 0.15) is 32.8 Å². The molecule has 0 aliphatic rings. The van der Waals surface area contributed by atoms with Crippen LogP contribution < -0.4 is 10.1 Å². The first-order valence-corrected chi connectivity index (χ1v) is 5.81. The molecule has 0 radical (unpaired) electrons. The highest BCUT2D eigenvalue weighted by Gasteiger charge is 2.10. The van der Waals surface area contributed by atoms with Crippen LogP contribution >= 0.6 is 0 Å². The molecular weight excluding hydrogens is 198 g/mol. The van der Waals surface area contributed by atoms with Gasteiger partial charge in [-0.05, 0) is 36.5 Å². The van der Waals surface area contributed by atoms with E-state index in [4.69, 9.17) is 4.74 Å². The molecule has 0 heterocycles. The molecule has 0 unspecified atom stereocenters. The Labute approximate surface area is 99.0 Å². The summed E-state index contributed by atoms with van der Waals surface area (Å²) in [5.74, 6) is 0.916. The maximum atomic E-state index is 5.32. The molecule has 0 aliphatic carbocycles. The monoisotopic (exact) mass is 221 g/mol. The fourth-order valence-corrected chi connectivity index (χ4v) is 1.53. The summed E-state index contributed by atoms with van der Waals surface area (Å²) in [6.45, 7) is 9.82. The van der Waals surface area contributed by atoms with Crippen molar-refractivity contribution in [2.75, 3.05) is 19.0 Å². The molecule has 0 aliphatic heterocycles. The highest BCUT2D eigenvalue weighted by Crippen LogP contribution is 2.26. The number of nitrogens with one attached hydrogen (secondary N) is 1. The van der Waals surface area contributed by atoms with E-state index in [1.165, 1.54) is 5.56 Å². The first-order valence-electron chi connectivity index (χ1n) is 5.81. The Balaban J connectivity index is 2.62. The second kappa shape index (κ2) is 5.24. The lowest BCUT2D eigenvalue weighted by Gasteiger charge is -2.19. The summed E-state index contributed by atoms with van der Waals surface area (Å²) in [6, 6.07) is 6.20. The molecule has 1 aromatic rings. The van der Waals surface area contributed by atoms with Crippen molar-refractivity contribution in [3.8, 4) is 5.75 Å². The number of hydrogen-bond acceptors (Lipinski definition) is 2. The maximum absolute atomic E-state index is 5.32. The Morgan fingerprint density at radius 2 is 1.94 bits per heavy atom. The summed E-state index contributed by atoms with van der Waals surface area (Å²) >= 11 is 0. The van der Waals surface area contributed by atoms with E-state index in [0.29, 0.717) is 5.41 Å². The molecule has 0 fully saturated rings. The van der Waals surface area contributed by atoms with E-state index in [1.807, 2.05) is 6.07 Å². The second-order valence-electron chi connectivity index (χ2n) is 5.44. The van der Waals surface area contributed by atoms with Gasteiger partial charge in [0.2, 0.25) is 0 Å². The quantitative estimate of drug-likeness (QED) is 0.833. The topological polar surface area (TPSA) is 21.3 Å². The summed E-state index contributed by atoms with van der Waals surface area (Å²) in [4.78, 5) is 0. The van der Waals surface area contributed by atoms with Gasteiger partial charge in [-0.15, -0.1) is 0 Å². The molecule has 0 spiro atoms. The van der Waals surface area contributed by atoms with Crippen molar-refractivity contribution in [3.63, 3.8) is 0 Å². The lowest BCUT2D eigenvalue weighted by atomic mass is 9.92. The predicted octanol–water partition coefficient (Wildman–Crippen LogP) is 3.85. The van der Waals surface area contributed by atoms with Crippen LogP contribution in [0.2, 0.25) is 0 Å². The molecule has 2 heteroatoms. The van der Waals surface area contributed by atoms with E-state index in [1.54, 1.807) is 7.11 Å². The standard InChI is InChI=1S/C14H23NO/c1-11-6-7-13(16-5)12(10-11)15-9-8-14(2,3)4/h6-7,10,15H,8-9H2,1-5H3. The van der Waals surface area contributed by atoms with E-state index in [-0.39, 0.29) is 0 Å². The van der Waals surface area contributed by atoms with E-state index >= 15 is 0 Å². The average molecular weight is 221 g/mol. The van der Waals surface area contributed by atoms with E-state index < -0.39 is 0 Å². The molecule has 0 saturated carbocycles. The fraction of sp³-hybridized carbons (Fsp3) is 0.571. The second-order valence-corrected chi connectivity index (χ2v) is 5.44. The van der Waals surface area contributed by atoms with Gasteiger partial charge in [0.05, 0.1) is 12.8 Å². The van der Waals surface area contributed by atoms with Gasteiger partial charge in [-0.3, -0.25) is 0 Å². The number of aryl methyl sites for hydroxylation is 1. The zero-order valence-corrected chi connectivity index (χ0v) is 11.1. The molecule has 1 N–H and O–H groups in total. The SMILES string of the molecule is COc1ccc(C)cc1NCCC(C)(C)C. The van der Waals surface area contributed by atoms with Crippen LogP contribution in [0.25, 0.3) is 0 Å². The van der Waals surface area contributed by atoms with Crippen LogP contribution in [-0.2, 0) is 0 Å². The van der Waals surface area contributed by atoms with Gasteiger partial charge in [-0.1, -0.05) is 26.8 Å². The van der Waals surface area contributed by atoms with Gasteiger partial charge in [0.15, 0.2) is 0 Å². The fourth-order valence-electron chi connectivity index (χ4n) is 1.53. The average Bonchev–Trinajstić information content (AvgIpc) is 2.16. The Morgan fingerprint density at radius 3 is 2.50 bits per heavy atom. The smallest absolute Gasteiger partial charge is 0.141 e. The number of anilines is 1. The van der Waals surface area contributed by atoms with Gasteiger partial charge in [0, 0.05) is 6.54 Å². The third-order valence-corrected chi connectivity index (χ3v) is 2.55.